The number of nitrogens with zero attached hydrogens (tertiary/aromatic N) is 2. The lowest BCUT2D eigenvalue weighted by atomic mass is 9.94. The molecule has 0 saturated heterocycles. The Balaban J connectivity index is 1.59. The van der Waals surface area contributed by atoms with Gasteiger partial charge in [0.15, 0.2) is 0 Å². The predicted octanol–water partition coefficient (Wildman–Crippen LogP) is 7.94. The summed E-state index contributed by atoms with van der Waals surface area (Å²) < 4.78 is 34.8. The normalized spacial score (nSPS) is 14.1. The number of ether oxygens (including phenoxy) is 1. The summed E-state index contributed by atoms with van der Waals surface area (Å²) >= 11 is 19.3. The minimum atomic E-state index is -4.29. The number of anilines is 1. The number of sulfonamides is 1. The van der Waals surface area contributed by atoms with E-state index in [0.29, 0.717) is 21.4 Å². The van der Waals surface area contributed by atoms with Crippen molar-refractivity contribution in [1.29, 1.82) is 0 Å². The number of rotatable bonds is 13. The number of halogens is 3. The van der Waals surface area contributed by atoms with Crippen LogP contribution in [0.15, 0.2) is 102 Å². The van der Waals surface area contributed by atoms with Crippen molar-refractivity contribution in [3.63, 3.8) is 0 Å². The van der Waals surface area contributed by atoms with Crippen LogP contribution in [-0.2, 0) is 32.6 Å². The Morgan fingerprint density at radius 3 is 2.16 bits per heavy atom. The fourth-order valence-electron chi connectivity index (χ4n) is 5.99. The first-order valence-electron chi connectivity index (χ1n) is 16.1. The number of hydrogen-bond acceptors (Lipinski definition) is 5. The van der Waals surface area contributed by atoms with Gasteiger partial charge in [0.2, 0.25) is 11.8 Å². The molecule has 4 aromatic rings. The summed E-state index contributed by atoms with van der Waals surface area (Å²) in [5.74, 6) is -0.591. The molecule has 1 aliphatic rings. The van der Waals surface area contributed by atoms with Crippen molar-refractivity contribution < 1.29 is 22.7 Å². The Labute approximate surface area is 303 Å². The molecule has 2 amide bonds. The van der Waals surface area contributed by atoms with E-state index >= 15 is 0 Å². The molecule has 8 nitrogen and oxygen atoms in total. The van der Waals surface area contributed by atoms with E-state index in [4.69, 9.17) is 39.5 Å². The molecule has 49 heavy (non-hydrogen) atoms. The molecule has 5 rings (SSSR count). The minimum Gasteiger partial charge on any atom is -0.495 e. The van der Waals surface area contributed by atoms with Crippen LogP contribution >= 0.6 is 34.8 Å². The maximum absolute atomic E-state index is 14.7. The lowest BCUT2D eigenvalue weighted by Gasteiger charge is -2.35. The number of nitrogens with one attached hydrogen (secondary N) is 1. The molecule has 1 N–H and O–H groups in total. The third kappa shape index (κ3) is 9.28. The first kappa shape index (κ1) is 36.5. The predicted molar refractivity (Wildman–Crippen MR) is 195 cm³/mol. The van der Waals surface area contributed by atoms with E-state index in [9.17, 15) is 18.0 Å². The van der Waals surface area contributed by atoms with Crippen LogP contribution in [0, 0.1) is 0 Å². The topological polar surface area (TPSA) is 96.0 Å². The smallest absolute Gasteiger partial charge is 0.264 e. The van der Waals surface area contributed by atoms with Gasteiger partial charge in [0.05, 0.1) is 22.7 Å². The maximum atomic E-state index is 14.7. The molecule has 0 spiro atoms. The number of hydrogen-bond donors (Lipinski definition) is 1. The van der Waals surface area contributed by atoms with E-state index in [1.165, 1.54) is 42.3 Å². The SMILES string of the molecule is COc1ccc(N(CC(=O)N(Cc2ccc(Cl)cc2Cl)C(Cc2ccccc2)C(=O)NC2CCCCC2)S(=O)(=O)c2ccccc2)cc1Cl. The van der Waals surface area contributed by atoms with E-state index < -0.39 is 28.5 Å². The van der Waals surface area contributed by atoms with E-state index in [1.807, 2.05) is 30.3 Å². The van der Waals surface area contributed by atoms with Gasteiger partial charge in [0.25, 0.3) is 10.0 Å². The molecule has 0 aromatic heterocycles. The molecule has 1 atom stereocenters. The summed E-state index contributed by atoms with van der Waals surface area (Å²) in [4.78, 5) is 30.4. The quantitative estimate of drug-likeness (QED) is 0.150. The standard InChI is InChI=1S/C37H38Cl3N3O5S/c1-48-35-20-19-30(23-33(35)40)43(49(46,47)31-15-9-4-10-16-31)25-36(44)42(24-27-17-18-28(38)22-32(27)39)34(21-26-11-5-2-6-12-26)37(45)41-29-13-7-3-8-14-29/h2,4-6,9-12,15-20,22-23,29,34H,3,7-8,13-14,21,24-25H2,1H3,(H,41,45). The average molecular weight is 743 g/mol. The lowest BCUT2D eigenvalue weighted by Crippen LogP contribution is -2.55. The van der Waals surface area contributed by atoms with E-state index in [2.05, 4.69) is 5.32 Å². The van der Waals surface area contributed by atoms with Crippen molar-refractivity contribution in [2.75, 3.05) is 18.0 Å². The van der Waals surface area contributed by atoms with Crippen molar-refractivity contribution in [3.8, 4) is 5.75 Å². The molecular weight excluding hydrogens is 705 g/mol. The van der Waals surface area contributed by atoms with Crippen molar-refractivity contribution in [1.82, 2.24) is 10.2 Å². The summed E-state index contributed by atoms with van der Waals surface area (Å²) in [6.07, 6.45) is 5.02. The molecule has 0 bridgehead atoms. The average Bonchev–Trinajstić information content (AvgIpc) is 3.10. The van der Waals surface area contributed by atoms with Gasteiger partial charge in [-0.15, -0.1) is 0 Å². The highest BCUT2D eigenvalue weighted by molar-refractivity contribution is 7.92. The highest BCUT2D eigenvalue weighted by Gasteiger charge is 2.36. The Morgan fingerprint density at radius 2 is 1.53 bits per heavy atom. The van der Waals surface area contributed by atoms with Crippen molar-refractivity contribution in [2.45, 2.75) is 62.0 Å². The molecule has 1 unspecified atom stereocenters. The van der Waals surface area contributed by atoms with E-state index in [0.717, 1.165) is 42.0 Å². The summed E-state index contributed by atoms with van der Waals surface area (Å²) in [7, 11) is -2.84. The van der Waals surface area contributed by atoms with E-state index in [-0.39, 0.29) is 40.5 Å². The zero-order chi connectivity index (χ0) is 35.0. The van der Waals surface area contributed by atoms with Gasteiger partial charge in [0.1, 0.15) is 18.3 Å². The van der Waals surface area contributed by atoms with Gasteiger partial charge in [-0.25, -0.2) is 8.42 Å². The third-order valence-electron chi connectivity index (χ3n) is 8.61. The molecule has 12 heteroatoms. The molecule has 1 fully saturated rings. The van der Waals surface area contributed by atoms with Crippen LogP contribution in [0.4, 0.5) is 5.69 Å². The maximum Gasteiger partial charge on any atom is 0.264 e. The summed E-state index contributed by atoms with van der Waals surface area (Å²) in [5.41, 5.74) is 1.54. The highest BCUT2D eigenvalue weighted by atomic mass is 35.5. The second-order valence-electron chi connectivity index (χ2n) is 11.9. The fourth-order valence-corrected chi connectivity index (χ4v) is 8.14. The van der Waals surface area contributed by atoms with Gasteiger partial charge in [-0.05, 0) is 66.4 Å². The molecule has 0 aliphatic heterocycles. The number of methoxy groups -OCH3 is 1. The van der Waals surface area contributed by atoms with Gasteiger partial charge >= 0.3 is 0 Å². The Kier molecular flexibility index (Phi) is 12.5. The summed E-state index contributed by atoms with van der Waals surface area (Å²) in [6, 6.07) is 25.6. The first-order valence-corrected chi connectivity index (χ1v) is 18.6. The largest absolute Gasteiger partial charge is 0.495 e. The van der Waals surface area contributed by atoms with Gasteiger partial charge in [0, 0.05) is 29.1 Å². The van der Waals surface area contributed by atoms with Crippen molar-refractivity contribution in [2.24, 2.45) is 0 Å². The molecule has 4 aromatic carbocycles. The van der Waals surface area contributed by atoms with Gasteiger partial charge in [-0.1, -0.05) is 109 Å². The number of carbonyl (C=O) groups is 2. The van der Waals surface area contributed by atoms with Crippen LogP contribution < -0.4 is 14.4 Å². The van der Waals surface area contributed by atoms with Crippen LogP contribution in [0.25, 0.3) is 0 Å². The van der Waals surface area contributed by atoms with Crippen LogP contribution in [0.3, 0.4) is 0 Å². The first-order chi connectivity index (χ1) is 23.6. The Bertz CT molecular complexity index is 1860. The zero-order valence-corrected chi connectivity index (χ0v) is 30.1. The van der Waals surface area contributed by atoms with Gasteiger partial charge < -0.3 is 15.0 Å². The highest BCUT2D eigenvalue weighted by Crippen LogP contribution is 2.33. The lowest BCUT2D eigenvalue weighted by molar-refractivity contribution is -0.140. The number of carbonyl (C=O) groups excluding carboxylic acids is 2. The zero-order valence-electron chi connectivity index (χ0n) is 27.0. The van der Waals surface area contributed by atoms with Crippen LogP contribution in [0.2, 0.25) is 15.1 Å². The molecule has 1 aliphatic carbocycles. The summed E-state index contributed by atoms with van der Waals surface area (Å²) in [6.45, 7) is -0.708. The molecule has 0 heterocycles. The van der Waals surface area contributed by atoms with Crippen LogP contribution in [0.5, 0.6) is 5.75 Å². The second kappa shape index (κ2) is 16.8. The molecular formula is C37H38Cl3N3O5S. The molecule has 0 radical (unpaired) electrons. The van der Waals surface area contributed by atoms with Crippen molar-refractivity contribution >= 4 is 62.3 Å². The number of amides is 2. The Hall–Kier alpha value is -3.76. The molecule has 258 valence electrons. The fraction of sp³-hybridized carbons (Fsp3) is 0.297. The third-order valence-corrected chi connectivity index (χ3v) is 11.3. The molecule has 1 saturated carbocycles. The summed E-state index contributed by atoms with van der Waals surface area (Å²) in [5, 5.41) is 4.09. The Morgan fingerprint density at radius 1 is 0.857 bits per heavy atom. The van der Waals surface area contributed by atoms with Crippen LogP contribution in [-0.4, -0.2) is 50.9 Å². The minimum absolute atomic E-state index is 0.0158. The van der Waals surface area contributed by atoms with Crippen LogP contribution in [0.1, 0.15) is 43.2 Å². The number of benzene rings is 4. The second-order valence-corrected chi connectivity index (χ2v) is 15.1. The van der Waals surface area contributed by atoms with Gasteiger partial charge in [-0.2, -0.15) is 0 Å². The van der Waals surface area contributed by atoms with E-state index in [1.54, 1.807) is 36.4 Å². The van der Waals surface area contributed by atoms with Gasteiger partial charge in [-0.3, -0.25) is 13.9 Å². The van der Waals surface area contributed by atoms with Crippen molar-refractivity contribution in [3.05, 3.63) is 123 Å². The monoisotopic (exact) mass is 741 g/mol.